The summed E-state index contributed by atoms with van der Waals surface area (Å²) in [4.78, 5) is 0. The molecule has 0 spiro atoms. The molecule has 0 aromatic heterocycles. The van der Waals surface area contributed by atoms with Gasteiger partial charge in [0, 0.05) is 0 Å². The summed E-state index contributed by atoms with van der Waals surface area (Å²) in [6.07, 6.45) is 10.9. The zero-order valence-electron chi connectivity index (χ0n) is 14.9. The number of allylic oxidation sites excluding steroid dienone is 1. The number of rotatable bonds is 1. The first kappa shape index (κ1) is 16.1. The first-order chi connectivity index (χ1) is 10.9. The molecular weight excluding hydrogens is 284 g/mol. The van der Waals surface area contributed by atoms with Gasteiger partial charge in [-0.3, -0.25) is 0 Å². The van der Waals surface area contributed by atoms with Gasteiger partial charge in [-0.2, -0.15) is 0 Å². The lowest BCUT2D eigenvalue weighted by Crippen LogP contribution is -2.58. The van der Waals surface area contributed by atoms with Crippen molar-refractivity contribution >= 4 is 0 Å². The van der Waals surface area contributed by atoms with E-state index in [9.17, 15) is 10.2 Å². The van der Waals surface area contributed by atoms with Gasteiger partial charge in [0.1, 0.15) is 0 Å². The Balaban J connectivity index is 1.67. The molecule has 4 fully saturated rings. The van der Waals surface area contributed by atoms with E-state index in [-0.39, 0.29) is 12.2 Å². The summed E-state index contributed by atoms with van der Waals surface area (Å²) in [5.74, 6) is 2.97. The van der Waals surface area contributed by atoms with E-state index in [0.717, 1.165) is 25.7 Å². The fraction of sp³-hybridized carbons (Fsp3) is 0.905. The molecule has 2 heteroatoms. The number of aliphatic hydroxyl groups is 2. The molecule has 0 aromatic carbocycles. The Morgan fingerprint density at radius 1 is 0.913 bits per heavy atom. The molecule has 4 saturated carbocycles. The number of hydrogen-bond donors (Lipinski definition) is 2. The van der Waals surface area contributed by atoms with Crippen molar-refractivity contribution in [2.45, 2.75) is 77.4 Å². The van der Waals surface area contributed by atoms with Crippen LogP contribution in [0.5, 0.6) is 0 Å². The van der Waals surface area contributed by atoms with Crippen LogP contribution >= 0.6 is 0 Å². The molecule has 4 rings (SSSR count). The summed E-state index contributed by atoms with van der Waals surface area (Å²) < 4.78 is 0. The Morgan fingerprint density at radius 2 is 1.61 bits per heavy atom. The maximum Gasteiger partial charge on any atom is 0.0577 e. The third-order valence-corrected chi connectivity index (χ3v) is 9.01. The average Bonchev–Trinajstić information content (AvgIpc) is 2.85. The number of hydrogen-bond acceptors (Lipinski definition) is 2. The second kappa shape index (κ2) is 5.33. The van der Waals surface area contributed by atoms with Crippen molar-refractivity contribution in [1.29, 1.82) is 0 Å². The highest BCUT2D eigenvalue weighted by Crippen LogP contribution is 2.67. The molecule has 9 atom stereocenters. The quantitative estimate of drug-likeness (QED) is 0.713. The van der Waals surface area contributed by atoms with Crippen LogP contribution in [-0.4, -0.2) is 22.4 Å². The predicted molar refractivity (Wildman–Crippen MR) is 92.8 cm³/mol. The first-order valence-corrected chi connectivity index (χ1v) is 9.89. The molecule has 2 nitrogen and oxygen atoms in total. The van der Waals surface area contributed by atoms with Crippen molar-refractivity contribution in [1.82, 2.24) is 0 Å². The van der Waals surface area contributed by atoms with Crippen LogP contribution in [0.25, 0.3) is 0 Å². The van der Waals surface area contributed by atoms with Crippen molar-refractivity contribution in [2.24, 2.45) is 40.4 Å². The van der Waals surface area contributed by atoms with Crippen molar-refractivity contribution in [2.75, 3.05) is 0 Å². The molecular formula is C21H34O2. The van der Waals surface area contributed by atoms with E-state index in [2.05, 4.69) is 26.5 Å². The lowest BCUT2D eigenvalue weighted by molar-refractivity contribution is -0.170. The second-order valence-corrected chi connectivity index (χ2v) is 9.69. The van der Waals surface area contributed by atoms with Gasteiger partial charge in [0.05, 0.1) is 12.2 Å². The molecule has 0 aromatic rings. The SMILES string of the molecule is C=CC1CCC2C3C(O)CC4C[C@H](O)CCC4(C)C3CCC12C. The molecule has 130 valence electrons. The Kier molecular flexibility index (Phi) is 3.74. The zero-order valence-corrected chi connectivity index (χ0v) is 14.9. The summed E-state index contributed by atoms with van der Waals surface area (Å²) in [6, 6.07) is 0. The average molecular weight is 319 g/mol. The highest BCUT2D eigenvalue weighted by molar-refractivity contribution is 5.13. The number of aliphatic hydroxyl groups excluding tert-OH is 2. The van der Waals surface area contributed by atoms with Gasteiger partial charge in [0.25, 0.3) is 0 Å². The van der Waals surface area contributed by atoms with Crippen molar-refractivity contribution in [3.8, 4) is 0 Å². The smallest absolute Gasteiger partial charge is 0.0577 e. The molecule has 2 N–H and O–H groups in total. The largest absolute Gasteiger partial charge is 0.393 e. The van der Waals surface area contributed by atoms with Gasteiger partial charge in [-0.15, -0.1) is 6.58 Å². The van der Waals surface area contributed by atoms with Gasteiger partial charge in [-0.1, -0.05) is 19.9 Å². The monoisotopic (exact) mass is 318 g/mol. The summed E-state index contributed by atoms with van der Waals surface area (Å²) in [5.41, 5.74) is 0.706. The van der Waals surface area contributed by atoms with Gasteiger partial charge in [-0.05, 0) is 91.8 Å². The van der Waals surface area contributed by atoms with Crippen LogP contribution in [0.15, 0.2) is 12.7 Å². The van der Waals surface area contributed by atoms with Gasteiger partial charge in [-0.25, -0.2) is 0 Å². The van der Waals surface area contributed by atoms with Gasteiger partial charge in [0.15, 0.2) is 0 Å². The van der Waals surface area contributed by atoms with Crippen molar-refractivity contribution < 1.29 is 10.2 Å². The second-order valence-electron chi connectivity index (χ2n) is 9.69. The summed E-state index contributed by atoms with van der Waals surface area (Å²) in [5, 5.41) is 21.2. The Bertz CT molecular complexity index is 488. The molecule has 0 bridgehead atoms. The van der Waals surface area contributed by atoms with Crippen molar-refractivity contribution in [3.63, 3.8) is 0 Å². The Hall–Kier alpha value is -0.340. The van der Waals surface area contributed by atoms with E-state index >= 15 is 0 Å². The molecule has 0 aliphatic heterocycles. The van der Waals surface area contributed by atoms with Gasteiger partial charge >= 0.3 is 0 Å². The minimum atomic E-state index is -0.156. The normalized spacial score (nSPS) is 58.9. The molecule has 4 aliphatic rings. The summed E-state index contributed by atoms with van der Waals surface area (Å²) >= 11 is 0. The molecule has 0 radical (unpaired) electrons. The van der Waals surface area contributed by atoms with Gasteiger partial charge < -0.3 is 10.2 Å². The highest BCUT2D eigenvalue weighted by Gasteiger charge is 2.61. The Morgan fingerprint density at radius 3 is 2.35 bits per heavy atom. The number of fused-ring (bicyclic) bond motifs is 5. The molecule has 0 heterocycles. The van der Waals surface area contributed by atoms with Crippen LogP contribution < -0.4 is 0 Å². The lowest BCUT2D eigenvalue weighted by Gasteiger charge is -2.62. The minimum Gasteiger partial charge on any atom is -0.393 e. The van der Waals surface area contributed by atoms with E-state index in [4.69, 9.17) is 0 Å². The highest BCUT2D eigenvalue weighted by atomic mass is 16.3. The standard InChI is InChI=1S/C21H34O2/c1-4-13-5-6-16-19-17(8-10-20(13,16)2)21(3)9-7-15(22)11-14(21)12-18(19)23/h4,13-19,22-23H,1,5-12H2,2-3H3/t13?,14?,15-,16?,17?,18?,19?,20?,21?/m1/s1. The lowest BCUT2D eigenvalue weighted by atomic mass is 9.44. The molecule has 23 heavy (non-hydrogen) atoms. The maximum atomic E-state index is 11.1. The van der Waals surface area contributed by atoms with E-state index in [1.165, 1.54) is 25.7 Å². The van der Waals surface area contributed by atoms with Crippen LogP contribution in [0.1, 0.15) is 65.2 Å². The predicted octanol–water partition coefficient (Wildman–Crippen LogP) is 4.16. The van der Waals surface area contributed by atoms with E-state index in [0.29, 0.717) is 40.4 Å². The third kappa shape index (κ3) is 2.13. The molecule has 4 aliphatic carbocycles. The van der Waals surface area contributed by atoms with Gasteiger partial charge in [0.2, 0.25) is 0 Å². The fourth-order valence-electron chi connectivity index (χ4n) is 7.63. The first-order valence-electron chi connectivity index (χ1n) is 9.89. The maximum absolute atomic E-state index is 11.1. The molecule has 0 amide bonds. The summed E-state index contributed by atoms with van der Waals surface area (Å²) in [7, 11) is 0. The topological polar surface area (TPSA) is 40.5 Å². The molecule has 8 unspecified atom stereocenters. The van der Waals surface area contributed by atoms with Crippen LogP contribution in [0.4, 0.5) is 0 Å². The van der Waals surface area contributed by atoms with Crippen LogP contribution in [0.2, 0.25) is 0 Å². The van der Waals surface area contributed by atoms with Crippen LogP contribution in [0.3, 0.4) is 0 Å². The van der Waals surface area contributed by atoms with E-state index in [1.54, 1.807) is 0 Å². The van der Waals surface area contributed by atoms with Crippen molar-refractivity contribution in [3.05, 3.63) is 12.7 Å². The molecule has 0 saturated heterocycles. The Labute approximate surface area is 141 Å². The van der Waals surface area contributed by atoms with Crippen LogP contribution in [-0.2, 0) is 0 Å². The van der Waals surface area contributed by atoms with E-state index in [1.807, 2.05) is 0 Å². The third-order valence-electron chi connectivity index (χ3n) is 9.01. The zero-order chi connectivity index (χ0) is 16.4. The minimum absolute atomic E-state index is 0.137. The van der Waals surface area contributed by atoms with Crippen LogP contribution in [0, 0.1) is 40.4 Å². The van der Waals surface area contributed by atoms with E-state index < -0.39 is 0 Å². The fourth-order valence-corrected chi connectivity index (χ4v) is 7.63. The summed E-state index contributed by atoms with van der Waals surface area (Å²) in [6.45, 7) is 9.05.